The molecule has 0 fully saturated rings. The smallest absolute Gasteiger partial charge is 0.159 e. The summed E-state index contributed by atoms with van der Waals surface area (Å²) in [4.78, 5) is 4.65. The van der Waals surface area contributed by atoms with Crippen LogP contribution in [0.25, 0.3) is 87.3 Å². The Labute approximate surface area is 385 Å². The van der Waals surface area contributed by atoms with Crippen LogP contribution in [0.1, 0.15) is 11.1 Å². The average Bonchev–Trinajstić information content (AvgIpc) is 3.94. The Balaban J connectivity index is 1.00. The maximum Gasteiger partial charge on any atom is 0.159 e. The van der Waals surface area contributed by atoms with E-state index in [2.05, 4.69) is 212 Å². The predicted molar refractivity (Wildman–Crippen MR) is 278 cm³/mol. The van der Waals surface area contributed by atoms with Gasteiger partial charge >= 0.3 is 0 Å². The number of ether oxygens (including phenoxy) is 1. The van der Waals surface area contributed by atoms with Gasteiger partial charge in [-0.1, -0.05) is 127 Å². The highest BCUT2D eigenvalue weighted by molar-refractivity contribution is 6.26. The normalized spacial score (nSPS) is 12.1. The van der Waals surface area contributed by atoms with Crippen molar-refractivity contribution in [2.24, 2.45) is 0 Å². The molecule has 13 aromatic rings. The lowest BCUT2D eigenvalue weighted by atomic mass is 9.87. The van der Waals surface area contributed by atoms with E-state index in [4.69, 9.17) is 13.6 Å². The third kappa shape index (κ3) is 5.68. The molecule has 0 amide bonds. The Hall–Kier alpha value is -8.80. The molecule has 2 aromatic heterocycles. The molecule has 0 aliphatic carbocycles. The minimum atomic E-state index is 0.806. The Morgan fingerprint density at radius 1 is 0.313 bits per heavy atom. The van der Waals surface area contributed by atoms with E-state index >= 15 is 0 Å². The van der Waals surface area contributed by atoms with Gasteiger partial charge in [0.15, 0.2) is 11.2 Å². The number of para-hydroxylation sites is 6. The second kappa shape index (κ2) is 14.4. The molecule has 0 bridgehead atoms. The van der Waals surface area contributed by atoms with Gasteiger partial charge in [0.05, 0.1) is 22.7 Å². The summed E-state index contributed by atoms with van der Waals surface area (Å²) in [5.74, 6) is 1.65. The van der Waals surface area contributed by atoms with Gasteiger partial charge in [-0.25, -0.2) is 0 Å². The van der Waals surface area contributed by atoms with Crippen molar-refractivity contribution in [3.05, 3.63) is 217 Å². The summed E-state index contributed by atoms with van der Waals surface area (Å²) in [5.41, 5.74) is 14.0. The lowest BCUT2D eigenvalue weighted by Crippen LogP contribution is -2.11. The van der Waals surface area contributed by atoms with Gasteiger partial charge in [0.1, 0.15) is 22.7 Å². The van der Waals surface area contributed by atoms with Gasteiger partial charge < -0.3 is 23.4 Å². The average molecular weight is 861 g/mol. The summed E-state index contributed by atoms with van der Waals surface area (Å²) in [7, 11) is 0. The number of fused-ring (bicyclic) bond motifs is 12. The standard InChI is InChI=1S/C62H40N2O3/c1-37-27-29-42-48(31-37)49-35-52-45-30-28-41(63(39-15-5-3-6-16-39)53-23-13-21-46-43-19-9-11-25-56(43)66-61(46)53)34-58(45)65-59-33-38(2)32-51(60(52)59)50(49)36-55(42)64(40-17-7-4-8-18-40)54-24-14-22-47-44-20-10-12-26-57(44)67-62(47)54/h3-36H,1-2H3. The van der Waals surface area contributed by atoms with E-state index in [0.717, 1.165) is 128 Å². The Morgan fingerprint density at radius 3 is 1.57 bits per heavy atom. The van der Waals surface area contributed by atoms with Gasteiger partial charge in [-0.2, -0.15) is 0 Å². The molecule has 0 N–H and O–H groups in total. The number of rotatable bonds is 6. The van der Waals surface area contributed by atoms with Crippen LogP contribution in [0.3, 0.4) is 0 Å². The zero-order valence-electron chi connectivity index (χ0n) is 36.7. The number of aryl methyl sites for hydroxylation is 2. The number of anilines is 6. The molecular formula is C62H40N2O3. The van der Waals surface area contributed by atoms with Crippen LogP contribution < -0.4 is 14.5 Å². The molecule has 1 aliphatic heterocycles. The van der Waals surface area contributed by atoms with Gasteiger partial charge in [-0.05, 0) is 125 Å². The summed E-state index contributed by atoms with van der Waals surface area (Å²) in [6.45, 7) is 4.35. The first-order valence-corrected chi connectivity index (χ1v) is 22.8. The first kappa shape index (κ1) is 37.6. The maximum absolute atomic E-state index is 7.10. The molecular weight excluding hydrogens is 821 g/mol. The monoisotopic (exact) mass is 860 g/mol. The van der Waals surface area contributed by atoms with Gasteiger partial charge in [0.25, 0.3) is 0 Å². The van der Waals surface area contributed by atoms with E-state index in [9.17, 15) is 0 Å². The fourth-order valence-electron chi connectivity index (χ4n) is 10.7. The molecule has 0 atom stereocenters. The van der Waals surface area contributed by atoms with Crippen LogP contribution in [0, 0.1) is 13.8 Å². The van der Waals surface area contributed by atoms with E-state index in [-0.39, 0.29) is 0 Å². The van der Waals surface area contributed by atoms with Crippen molar-refractivity contribution in [3.63, 3.8) is 0 Å². The number of hydrogen-bond donors (Lipinski definition) is 0. The molecule has 316 valence electrons. The summed E-state index contributed by atoms with van der Waals surface area (Å²) in [5, 5.41) is 11.3. The quantitative estimate of drug-likeness (QED) is 0.156. The van der Waals surface area contributed by atoms with Gasteiger partial charge in [0.2, 0.25) is 0 Å². The van der Waals surface area contributed by atoms with Crippen LogP contribution in [-0.2, 0) is 0 Å². The van der Waals surface area contributed by atoms with Crippen LogP contribution in [0.2, 0.25) is 0 Å². The highest BCUT2D eigenvalue weighted by Crippen LogP contribution is 2.54. The molecule has 5 nitrogen and oxygen atoms in total. The number of benzene rings is 11. The van der Waals surface area contributed by atoms with E-state index < -0.39 is 0 Å². The Bertz CT molecular complexity index is 4170. The van der Waals surface area contributed by atoms with Crippen molar-refractivity contribution < 1.29 is 13.6 Å². The summed E-state index contributed by atoms with van der Waals surface area (Å²) in [6, 6.07) is 73.4. The highest BCUT2D eigenvalue weighted by atomic mass is 16.5. The predicted octanol–water partition coefficient (Wildman–Crippen LogP) is 18.3. The largest absolute Gasteiger partial charge is 0.456 e. The van der Waals surface area contributed by atoms with Crippen LogP contribution >= 0.6 is 0 Å². The molecule has 67 heavy (non-hydrogen) atoms. The lowest BCUT2D eigenvalue weighted by Gasteiger charge is -2.29. The lowest BCUT2D eigenvalue weighted by molar-refractivity contribution is 0.487. The van der Waals surface area contributed by atoms with E-state index in [1.807, 2.05) is 18.2 Å². The Kier molecular flexibility index (Phi) is 8.05. The SMILES string of the molecule is Cc1ccc2c(N(c3ccccc3)c3cccc4c3oc3ccccc34)cc3c4cc(C)cc5c4c(cc3c2c1)-c1ccc(N(c2ccccc2)c2cccc3c2oc2ccccc23)cc1O5. The van der Waals surface area contributed by atoms with Crippen molar-refractivity contribution in [2.45, 2.75) is 13.8 Å². The van der Waals surface area contributed by atoms with Crippen molar-refractivity contribution in [3.8, 4) is 22.6 Å². The third-order valence-electron chi connectivity index (χ3n) is 13.7. The fourth-order valence-corrected chi connectivity index (χ4v) is 10.7. The molecule has 0 saturated heterocycles. The van der Waals surface area contributed by atoms with E-state index in [1.54, 1.807) is 0 Å². The van der Waals surface area contributed by atoms with E-state index in [0.29, 0.717) is 0 Å². The van der Waals surface area contributed by atoms with Crippen molar-refractivity contribution in [2.75, 3.05) is 9.80 Å². The molecule has 0 radical (unpaired) electrons. The molecule has 0 spiro atoms. The molecule has 0 unspecified atom stereocenters. The van der Waals surface area contributed by atoms with Crippen molar-refractivity contribution >= 4 is 110 Å². The van der Waals surface area contributed by atoms with Gasteiger partial charge in [-0.15, -0.1) is 0 Å². The zero-order chi connectivity index (χ0) is 44.3. The fraction of sp³-hybridized carbons (Fsp3) is 0.0323. The number of furan rings is 2. The second-order valence-corrected chi connectivity index (χ2v) is 17.8. The summed E-state index contributed by atoms with van der Waals surface area (Å²) < 4.78 is 20.5. The zero-order valence-corrected chi connectivity index (χ0v) is 36.7. The van der Waals surface area contributed by atoms with Crippen LogP contribution in [0.5, 0.6) is 11.5 Å². The summed E-state index contributed by atoms with van der Waals surface area (Å²) >= 11 is 0. The molecule has 0 saturated carbocycles. The number of nitrogens with zero attached hydrogens (tertiary/aromatic N) is 2. The topological polar surface area (TPSA) is 42.0 Å². The molecule has 1 aliphatic rings. The molecule has 14 rings (SSSR count). The van der Waals surface area contributed by atoms with Crippen molar-refractivity contribution in [1.82, 2.24) is 0 Å². The maximum atomic E-state index is 7.10. The van der Waals surface area contributed by atoms with Gasteiger partial charge in [-0.3, -0.25) is 0 Å². The highest BCUT2D eigenvalue weighted by Gasteiger charge is 2.28. The molecule has 11 aromatic carbocycles. The molecule has 3 heterocycles. The van der Waals surface area contributed by atoms with Crippen LogP contribution in [0.4, 0.5) is 34.1 Å². The first-order chi connectivity index (χ1) is 33.0. The van der Waals surface area contributed by atoms with Gasteiger partial charge in [0, 0.05) is 55.3 Å². The van der Waals surface area contributed by atoms with E-state index in [1.165, 1.54) is 16.3 Å². The molecule has 5 heteroatoms. The second-order valence-electron chi connectivity index (χ2n) is 17.8. The van der Waals surface area contributed by atoms with Crippen LogP contribution in [0.15, 0.2) is 215 Å². The summed E-state index contributed by atoms with van der Waals surface area (Å²) in [6.07, 6.45) is 0. The Morgan fingerprint density at radius 2 is 0.881 bits per heavy atom. The third-order valence-corrected chi connectivity index (χ3v) is 13.7. The van der Waals surface area contributed by atoms with Crippen molar-refractivity contribution in [1.29, 1.82) is 0 Å². The minimum absolute atomic E-state index is 0.806. The minimum Gasteiger partial charge on any atom is -0.456 e. The first-order valence-electron chi connectivity index (χ1n) is 22.8. The van der Waals surface area contributed by atoms with Crippen LogP contribution in [-0.4, -0.2) is 0 Å². The number of hydrogen-bond acceptors (Lipinski definition) is 5.